The molecule has 2 aromatic rings. The van der Waals surface area contributed by atoms with E-state index in [2.05, 4.69) is 14.8 Å². The predicted molar refractivity (Wildman–Crippen MR) is 74.3 cm³/mol. The molecule has 0 aliphatic heterocycles. The monoisotopic (exact) mass is 331 g/mol. The number of sulfonamides is 1. The number of nitrogens with zero attached hydrogens (tertiary/aromatic N) is 2. The summed E-state index contributed by atoms with van der Waals surface area (Å²) in [5, 5.41) is 3.52. The Balaban J connectivity index is 2.24. The van der Waals surface area contributed by atoms with Crippen LogP contribution in [0, 0.1) is 0 Å². The number of anilines is 1. The molecule has 0 radical (unpaired) electrons. The quantitative estimate of drug-likeness (QED) is 0.678. The van der Waals surface area contributed by atoms with Crippen LogP contribution in [0.15, 0.2) is 34.3 Å². The van der Waals surface area contributed by atoms with Crippen LogP contribution in [0.2, 0.25) is 5.02 Å². The van der Waals surface area contributed by atoms with Gasteiger partial charge in [0.15, 0.2) is 0 Å². The first-order chi connectivity index (χ1) is 9.78. The number of nitrogens with two attached hydrogens (primary N) is 1. The minimum absolute atomic E-state index is 0.138. The van der Waals surface area contributed by atoms with Crippen molar-refractivity contribution in [2.75, 3.05) is 4.72 Å². The van der Waals surface area contributed by atoms with Crippen LogP contribution < -0.4 is 16.0 Å². The van der Waals surface area contributed by atoms with Gasteiger partial charge in [-0.3, -0.25) is 19.0 Å². The van der Waals surface area contributed by atoms with Gasteiger partial charge in [0.05, 0.1) is 11.9 Å². The number of amides is 1. The topological polar surface area (TPSA) is 140 Å². The van der Waals surface area contributed by atoms with E-state index in [1.54, 1.807) is 0 Å². The Hall–Kier alpha value is -2.33. The number of H-pyrrole nitrogens is 1. The average molecular weight is 332 g/mol. The van der Waals surface area contributed by atoms with E-state index < -0.39 is 21.5 Å². The molecule has 112 valence electrons. The summed E-state index contributed by atoms with van der Waals surface area (Å²) in [5.74, 6) is -0.611. The Morgan fingerprint density at radius 2 is 2.24 bits per heavy atom. The third kappa shape index (κ3) is 3.61. The zero-order valence-corrected chi connectivity index (χ0v) is 12.0. The summed E-state index contributed by atoms with van der Waals surface area (Å²) in [7, 11) is -3.94. The van der Waals surface area contributed by atoms with Crippen LogP contribution in [0.3, 0.4) is 0 Å². The third-order valence-electron chi connectivity index (χ3n) is 2.35. The predicted octanol–water partition coefficient (Wildman–Crippen LogP) is -0.489. The number of nitrogens with one attached hydrogen (secondary N) is 2. The smallest absolute Gasteiger partial charge is 0.266 e. The molecule has 4 N–H and O–H groups in total. The van der Waals surface area contributed by atoms with E-state index in [1.165, 1.54) is 17.1 Å². The number of aromatic nitrogens is 3. The van der Waals surface area contributed by atoms with Crippen molar-refractivity contribution in [2.24, 2.45) is 5.73 Å². The molecule has 9 nitrogen and oxygen atoms in total. The summed E-state index contributed by atoms with van der Waals surface area (Å²) in [6.45, 7) is -0.174. The van der Waals surface area contributed by atoms with Gasteiger partial charge in [-0.15, -0.1) is 0 Å². The zero-order chi connectivity index (χ0) is 15.6. The summed E-state index contributed by atoms with van der Waals surface area (Å²) in [6, 6.07) is 1.02. The SMILES string of the molecule is NC(=O)Cn1cc(NS(=O)(=O)c2c[nH]c(=O)c(Cl)c2)cn1. The fraction of sp³-hybridized carbons (Fsp3) is 0.100. The van der Waals surface area contributed by atoms with Crippen LogP contribution in [-0.2, 0) is 21.4 Å². The minimum Gasteiger partial charge on any atom is -0.368 e. The first-order valence-corrected chi connectivity index (χ1v) is 7.36. The molecular weight excluding hydrogens is 322 g/mol. The highest BCUT2D eigenvalue weighted by Gasteiger charge is 2.17. The Kier molecular flexibility index (Phi) is 4.00. The molecule has 0 aromatic carbocycles. The second-order valence-corrected chi connectivity index (χ2v) is 6.10. The lowest BCUT2D eigenvalue weighted by atomic mass is 10.5. The number of carbonyl (C=O) groups is 1. The Labute approximate surface area is 123 Å². The van der Waals surface area contributed by atoms with Gasteiger partial charge < -0.3 is 10.7 Å². The molecule has 2 heterocycles. The number of carbonyl (C=O) groups excluding carboxylic acids is 1. The number of halogens is 1. The molecule has 0 unspecified atom stereocenters. The zero-order valence-electron chi connectivity index (χ0n) is 10.4. The van der Waals surface area contributed by atoms with Crippen LogP contribution in [0.4, 0.5) is 5.69 Å². The molecule has 21 heavy (non-hydrogen) atoms. The Morgan fingerprint density at radius 1 is 1.52 bits per heavy atom. The van der Waals surface area contributed by atoms with Gasteiger partial charge in [-0.05, 0) is 6.07 Å². The van der Waals surface area contributed by atoms with Crippen LogP contribution in [0.5, 0.6) is 0 Å². The largest absolute Gasteiger partial charge is 0.368 e. The molecular formula is C10H10ClN5O4S. The summed E-state index contributed by atoms with van der Waals surface area (Å²) in [6.07, 6.45) is 3.54. The van der Waals surface area contributed by atoms with Crippen LogP contribution in [0.1, 0.15) is 0 Å². The number of pyridine rings is 1. The third-order valence-corrected chi connectivity index (χ3v) is 3.99. The molecule has 2 rings (SSSR count). The fourth-order valence-corrected chi connectivity index (χ4v) is 2.73. The number of aromatic amines is 1. The van der Waals surface area contributed by atoms with Crippen molar-refractivity contribution < 1.29 is 13.2 Å². The maximum atomic E-state index is 12.1. The lowest BCUT2D eigenvalue weighted by Crippen LogP contribution is -2.19. The van der Waals surface area contributed by atoms with Gasteiger partial charge in [0.25, 0.3) is 15.6 Å². The van der Waals surface area contributed by atoms with Gasteiger partial charge in [-0.2, -0.15) is 5.10 Å². The van der Waals surface area contributed by atoms with Crippen molar-refractivity contribution in [2.45, 2.75) is 11.4 Å². The molecule has 2 aromatic heterocycles. The average Bonchev–Trinajstić information content (AvgIpc) is 2.78. The molecule has 0 fully saturated rings. The molecule has 0 bridgehead atoms. The summed E-state index contributed by atoms with van der Waals surface area (Å²) in [4.78, 5) is 23.8. The molecule has 11 heteroatoms. The van der Waals surface area contributed by atoms with Crippen molar-refractivity contribution in [1.29, 1.82) is 0 Å². The van der Waals surface area contributed by atoms with Crippen molar-refractivity contribution in [3.63, 3.8) is 0 Å². The maximum absolute atomic E-state index is 12.1. The molecule has 1 amide bonds. The molecule has 0 aliphatic rings. The first kappa shape index (κ1) is 15.1. The van der Waals surface area contributed by atoms with Crippen LogP contribution >= 0.6 is 11.6 Å². The van der Waals surface area contributed by atoms with E-state index >= 15 is 0 Å². The van der Waals surface area contributed by atoms with Gasteiger partial charge in [0, 0.05) is 12.4 Å². The summed E-state index contributed by atoms with van der Waals surface area (Å²) in [5.41, 5.74) is 4.54. The van der Waals surface area contributed by atoms with Crippen LogP contribution in [0.25, 0.3) is 0 Å². The van der Waals surface area contributed by atoms with E-state index in [-0.39, 0.29) is 22.2 Å². The molecule has 0 saturated heterocycles. The lowest BCUT2D eigenvalue weighted by Gasteiger charge is -2.05. The molecule has 0 aliphatic carbocycles. The van der Waals surface area contributed by atoms with Crippen molar-refractivity contribution in [3.8, 4) is 0 Å². The highest BCUT2D eigenvalue weighted by Crippen LogP contribution is 2.15. The highest BCUT2D eigenvalue weighted by molar-refractivity contribution is 7.92. The molecule has 0 spiro atoms. The number of rotatable bonds is 5. The summed E-state index contributed by atoms with van der Waals surface area (Å²) >= 11 is 5.58. The van der Waals surface area contributed by atoms with Crippen molar-refractivity contribution in [3.05, 3.63) is 40.0 Å². The second-order valence-electron chi connectivity index (χ2n) is 4.01. The molecule has 0 atom stereocenters. The Morgan fingerprint density at radius 3 is 2.86 bits per heavy atom. The van der Waals surface area contributed by atoms with Crippen LogP contribution in [-0.4, -0.2) is 29.1 Å². The lowest BCUT2D eigenvalue weighted by molar-refractivity contribution is -0.118. The Bertz CT molecular complexity index is 841. The van der Waals surface area contributed by atoms with Gasteiger partial charge in [-0.1, -0.05) is 11.6 Å². The maximum Gasteiger partial charge on any atom is 0.266 e. The van der Waals surface area contributed by atoms with Gasteiger partial charge in [0.2, 0.25) is 5.91 Å². The van der Waals surface area contributed by atoms with Gasteiger partial charge in [0.1, 0.15) is 16.5 Å². The minimum atomic E-state index is -3.94. The standard InChI is InChI=1S/C10H10ClN5O4S/c11-8-1-7(3-13-10(8)18)21(19,20)15-6-2-14-16(4-6)5-9(12)17/h1-4,15H,5H2,(H2,12,17)(H,13,18). The fourth-order valence-electron chi connectivity index (χ4n) is 1.47. The number of hydrogen-bond donors (Lipinski definition) is 3. The number of primary amides is 1. The molecule has 0 saturated carbocycles. The number of hydrogen-bond acceptors (Lipinski definition) is 5. The first-order valence-electron chi connectivity index (χ1n) is 5.50. The van der Waals surface area contributed by atoms with E-state index in [0.29, 0.717) is 0 Å². The highest BCUT2D eigenvalue weighted by atomic mass is 35.5. The van der Waals surface area contributed by atoms with Gasteiger partial charge >= 0.3 is 0 Å². The summed E-state index contributed by atoms with van der Waals surface area (Å²) < 4.78 is 27.6. The normalized spacial score (nSPS) is 11.3. The van der Waals surface area contributed by atoms with E-state index in [9.17, 15) is 18.0 Å². The van der Waals surface area contributed by atoms with Crippen molar-refractivity contribution in [1.82, 2.24) is 14.8 Å². The van der Waals surface area contributed by atoms with Crippen molar-refractivity contribution >= 4 is 33.2 Å². The van der Waals surface area contributed by atoms with Gasteiger partial charge in [-0.25, -0.2) is 8.42 Å². The van der Waals surface area contributed by atoms with E-state index in [1.807, 2.05) is 0 Å². The second kappa shape index (κ2) is 5.58. The van der Waals surface area contributed by atoms with E-state index in [4.69, 9.17) is 17.3 Å². The van der Waals surface area contributed by atoms with E-state index in [0.717, 1.165) is 12.3 Å².